The van der Waals surface area contributed by atoms with Gasteiger partial charge in [-0.1, -0.05) is 53.5 Å². The second-order valence-corrected chi connectivity index (χ2v) is 8.65. The zero-order valence-corrected chi connectivity index (χ0v) is 18.2. The highest BCUT2D eigenvalue weighted by atomic mass is 35.5. The van der Waals surface area contributed by atoms with Crippen molar-refractivity contribution in [1.29, 1.82) is 0 Å². The molecule has 2 nitrogen and oxygen atoms in total. The van der Waals surface area contributed by atoms with Gasteiger partial charge >= 0.3 is 0 Å². The van der Waals surface area contributed by atoms with Crippen LogP contribution in [0.3, 0.4) is 0 Å². The Morgan fingerprint density at radius 2 is 1.39 bits per heavy atom. The summed E-state index contributed by atoms with van der Waals surface area (Å²) in [6.45, 7) is 1.64. The highest BCUT2D eigenvalue weighted by Gasteiger charge is 2.35. The van der Waals surface area contributed by atoms with Crippen LogP contribution in [-0.4, -0.2) is 23.8 Å². The van der Waals surface area contributed by atoms with E-state index in [1.807, 2.05) is 0 Å². The van der Waals surface area contributed by atoms with Gasteiger partial charge in [0.1, 0.15) is 17.4 Å². The fourth-order valence-corrected chi connectivity index (χ4v) is 4.78. The number of benzene rings is 3. The van der Waals surface area contributed by atoms with Gasteiger partial charge in [0.25, 0.3) is 0 Å². The van der Waals surface area contributed by atoms with E-state index in [1.54, 1.807) is 42.5 Å². The maximum absolute atomic E-state index is 13.6. The molecule has 0 N–H and O–H groups in total. The first-order chi connectivity index (χ1) is 14.9. The fourth-order valence-electron chi connectivity index (χ4n) is 4.26. The van der Waals surface area contributed by atoms with Crippen LogP contribution in [0.2, 0.25) is 10.0 Å². The Kier molecular flexibility index (Phi) is 6.71. The summed E-state index contributed by atoms with van der Waals surface area (Å²) < 4.78 is 27.1. The Balaban J connectivity index is 1.66. The molecular weight excluding hydrogens is 439 g/mol. The van der Waals surface area contributed by atoms with Crippen LogP contribution in [0.15, 0.2) is 66.7 Å². The van der Waals surface area contributed by atoms with E-state index >= 15 is 0 Å². The maximum Gasteiger partial charge on any atom is 0.139 e. The topological polar surface area (TPSA) is 20.3 Å². The van der Waals surface area contributed by atoms with Crippen LogP contribution < -0.4 is 0 Å². The zero-order valence-electron chi connectivity index (χ0n) is 16.7. The van der Waals surface area contributed by atoms with Crippen LogP contribution in [0, 0.1) is 17.6 Å². The third kappa shape index (κ3) is 4.98. The van der Waals surface area contributed by atoms with Gasteiger partial charge < -0.3 is 0 Å². The maximum atomic E-state index is 13.6. The van der Waals surface area contributed by atoms with Gasteiger partial charge in [-0.15, -0.1) is 0 Å². The van der Waals surface area contributed by atoms with E-state index in [0.29, 0.717) is 36.1 Å². The number of nitrogens with zero attached hydrogens (tertiary/aromatic N) is 1. The molecule has 1 aliphatic heterocycles. The van der Waals surface area contributed by atoms with E-state index < -0.39 is 0 Å². The van der Waals surface area contributed by atoms with E-state index in [4.69, 9.17) is 23.2 Å². The van der Waals surface area contributed by atoms with Crippen molar-refractivity contribution in [2.45, 2.75) is 18.9 Å². The van der Waals surface area contributed by atoms with Gasteiger partial charge in [-0.2, -0.15) is 0 Å². The van der Waals surface area contributed by atoms with Crippen LogP contribution in [0.4, 0.5) is 8.78 Å². The van der Waals surface area contributed by atoms with Gasteiger partial charge in [0.05, 0.1) is 0 Å². The molecule has 1 atom stereocenters. The molecule has 160 valence electrons. The monoisotopic (exact) mass is 459 g/mol. The highest BCUT2D eigenvalue weighted by molar-refractivity contribution is 6.35. The summed E-state index contributed by atoms with van der Waals surface area (Å²) in [5, 5.41) is 1.18. The Hall–Kier alpha value is -2.27. The van der Waals surface area contributed by atoms with Crippen molar-refractivity contribution in [3.8, 4) is 0 Å². The van der Waals surface area contributed by atoms with Crippen LogP contribution in [0.1, 0.15) is 29.0 Å². The molecule has 0 aromatic heterocycles. The van der Waals surface area contributed by atoms with Crippen molar-refractivity contribution < 1.29 is 13.6 Å². The molecule has 1 unspecified atom stereocenters. The van der Waals surface area contributed by atoms with Crippen molar-refractivity contribution in [3.05, 3.63) is 105 Å². The summed E-state index contributed by atoms with van der Waals surface area (Å²) in [7, 11) is 0. The Morgan fingerprint density at radius 3 is 1.90 bits per heavy atom. The SMILES string of the molecule is O=C1CCN(Cc2c(Cl)cccc2Cl)CC1C(c1ccc(F)cc1)c1ccc(F)cc1. The van der Waals surface area contributed by atoms with Crippen molar-refractivity contribution in [3.63, 3.8) is 0 Å². The molecule has 0 amide bonds. The van der Waals surface area contributed by atoms with Gasteiger partial charge in [-0.3, -0.25) is 9.69 Å². The summed E-state index contributed by atoms with van der Waals surface area (Å²) in [4.78, 5) is 15.2. The van der Waals surface area contributed by atoms with Crippen molar-refractivity contribution in [2.75, 3.05) is 13.1 Å². The largest absolute Gasteiger partial charge is 0.299 e. The average Bonchev–Trinajstić information content (AvgIpc) is 2.75. The van der Waals surface area contributed by atoms with Crippen LogP contribution >= 0.6 is 23.2 Å². The zero-order chi connectivity index (χ0) is 22.0. The predicted molar refractivity (Wildman–Crippen MR) is 119 cm³/mol. The van der Waals surface area contributed by atoms with Crippen molar-refractivity contribution >= 4 is 29.0 Å². The standard InChI is InChI=1S/C25H21Cl2F2NO/c26-22-2-1-3-23(27)20(22)14-30-13-12-24(31)21(15-30)25(16-4-8-18(28)9-5-16)17-6-10-19(29)11-7-17/h1-11,21,25H,12-15H2. The molecule has 1 fully saturated rings. The number of carbonyl (C=O) groups excluding carboxylic acids is 1. The fraction of sp³-hybridized carbons (Fsp3) is 0.240. The number of hydrogen-bond donors (Lipinski definition) is 0. The van der Waals surface area contributed by atoms with Crippen LogP contribution in [-0.2, 0) is 11.3 Å². The molecular formula is C25H21Cl2F2NO. The Labute approximate surface area is 190 Å². The Bertz CT molecular complexity index is 1000. The summed E-state index contributed by atoms with van der Waals surface area (Å²) in [5.74, 6) is -1.21. The minimum Gasteiger partial charge on any atom is -0.299 e. The van der Waals surface area contributed by atoms with Gasteiger partial charge in [0.2, 0.25) is 0 Å². The molecule has 0 radical (unpaired) electrons. The first-order valence-electron chi connectivity index (χ1n) is 10.1. The second kappa shape index (κ2) is 9.47. The number of Topliss-reactive ketones (excluding diaryl/α,β-unsaturated/α-hetero) is 1. The quantitative estimate of drug-likeness (QED) is 0.434. The van der Waals surface area contributed by atoms with Gasteiger partial charge in [-0.25, -0.2) is 8.78 Å². The molecule has 0 saturated carbocycles. The molecule has 0 spiro atoms. The average molecular weight is 460 g/mol. The minimum absolute atomic E-state index is 0.139. The van der Waals surface area contributed by atoms with E-state index in [9.17, 15) is 13.6 Å². The number of hydrogen-bond acceptors (Lipinski definition) is 2. The molecule has 3 aromatic rings. The number of rotatable bonds is 5. The number of piperidine rings is 1. The second-order valence-electron chi connectivity index (χ2n) is 7.84. The molecule has 4 rings (SSSR count). The van der Waals surface area contributed by atoms with E-state index in [-0.39, 0.29) is 29.3 Å². The van der Waals surface area contributed by atoms with Crippen molar-refractivity contribution in [1.82, 2.24) is 4.90 Å². The molecule has 1 saturated heterocycles. The number of halogens is 4. The van der Waals surface area contributed by atoms with E-state index in [1.165, 1.54) is 24.3 Å². The molecule has 31 heavy (non-hydrogen) atoms. The Morgan fingerprint density at radius 1 is 0.871 bits per heavy atom. The van der Waals surface area contributed by atoms with Gasteiger partial charge in [0, 0.05) is 53.5 Å². The number of likely N-dealkylation sites (tertiary alicyclic amines) is 1. The number of ketones is 1. The lowest BCUT2D eigenvalue weighted by molar-refractivity contribution is -0.126. The van der Waals surface area contributed by atoms with Gasteiger partial charge in [-0.05, 0) is 47.5 Å². The number of carbonyl (C=O) groups is 1. The molecule has 1 heterocycles. The first-order valence-corrected chi connectivity index (χ1v) is 10.9. The third-order valence-corrected chi connectivity index (χ3v) is 6.56. The molecule has 0 bridgehead atoms. The summed E-state index contributed by atoms with van der Waals surface area (Å²) in [5.41, 5.74) is 2.48. The van der Waals surface area contributed by atoms with Crippen LogP contribution in [0.5, 0.6) is 0 Å². The smallest absolute Gasteiger partial charge is 0.139 e. The summed E-state index contributed by atoms with van der Waals surface area (Å²) in [6, 6.07) is 17.7. The lowest BCUT2D eigenvalue weighted by Gasteiger charge is -2.36. The van der Waals surface area contributed by atoms with Gasteiger partial charge in [0.15, 0.2) is 0 Å². The predicted octanol–water partition coefficient (Wildman–Crippen LogP) is 6.49. The molecule has 1 aliphatic rings. The molecule has 0 aliphatic carbocycles. The normalized spacial score (nSPS) is 17.3. The highest BCUT2D eigenvalue weighted by Crippen LogP contribution is 2.37. The third-order valence-electron chi connectivity index (χ3n) is 5.85. The van der Waals surface area contributed by atoms with E-state index in [0.717, 1.165) is 16.7 Å². The lowest BCUT2D eigenvalue weighted by atomic mass is 9.76. The van der Waals surface area contributed by atoms with E-state index in [2.05, 4.69) is 4.90 Å². The summed E-state index contributed by atoms with van der Waals surface area (Å²) >= 11 is 12.7. The van der Waals surface area contributed by atoms with Crippen molar-refractivity contribution in [2.24, 2.45) is 5.92 Å². The minimum atomic E-state index is -0.356. The lowest BCUT2D eigenvalue weighted by Crippen LogP contribution is -2.43. The first kappa shape index (κ1) is 21.9. The molecule has 6 heteroatoms. The summed E-state index contributed by atoms with van der Waals surface area (Å²) in [6.07, 6.45) is 0.394. The van der Waals surface area contributed by atoms with Crippen LogP contribution in [0.25, 0.3) is 0 Å². The molecule has 3 aromatic carbocycles.